The van der Waals surface area contributed by atoms with Crippen LogP contribution >= 0.6 is 0 Å². The maximum atomic E-state index is 10.4. The van der Waals surface area contributed by atoms with Crippen molar-refractivity contribution in [1.29, 1.82) is 0 Å². The Morgan fingerprint density at radius 2 is 2.00 bits per heavy atom. The Hall–Kier alpha value is -1.61. The van der Waals surface area contributed by atoms with Crippen molar-refractivity contribution in [3.05, 3.63) is 41.5 Å². The molecule has 1 atom stereocenters. The van der Waals surface area contributed by atoms with Crippen LogP contribution in [0.1, 0.15) is 18.9 Å². The van der Waals surface area contributed by atoms with E-state index in [4.69, 9.17) is 5.11 Å². The summed E-state index contributed by atoms with van der Waals surface area (Å²) < 4.78 is 0. The molecular weight excluding hydrogens is 192 g/mol. The van der Waals surface area contributed by atoms with Crippen molar-refractivity contribution < 1.29 is 15.0 Å². The van der Waals surface area contributed by atoms with Crippen LogP contribution < -0.4 is 0 Å². The van der Waals surface area contributed by atoms with Crippen LogP contribution in [0.3, 0.4) is 0 Å². The molecule has 0 fully saturated rings. The Morgan fingerprint density at radius 3 is 2.53 bits per heavy atom. The van der Waals surface area contributed by atoms with Crippen molar-refractivity contribution in [2.45, 2.75) is 19.4 Å². The summed E-state index contributed by atoms with van der Waals surface area (Å²) in [5.41, 5.74) is 1.61. The Kier molecular flexibility index (Phi) is 4.06. The number of rotatable bonds is 4. The summed E-state index contributed by atoms with van der Waals surface area (Å²) in [5, 5.41) is 18.0. The lowest BCUT2D eigenvalue weighted by Gasteiger charge is -2.08. The van der Waals surface area contributed by atoms with Gasteiger partial charge in [-0.3, -0.25) is 4.79 Å². The fourth-order valence-corrected chi connectivity index (χ4v) is 1.23. The lowest BCUT2D eigenvalue weighted by atomic mass is 10.1. The van der Waals surface area contributed by atoms with Crippen molar-refractivity contribution >= 4 is 12.0 Å². The van der Waals surface area contributed by atoms with Crippen molar-refractivity contribution in [1.82, 2.24) is 0 Å². The maximum absolute atomic E-state index is 10.4. The minimum atomic E-state index is -0.997. The van der Waals surface area contributed by atoms with Crippen LogP contribution in [0.2, 0.25) is 0 Å². The lowest BCUT2D eigenvalue weighted by molar-refractivity contribution is -0.138. The highest BCUT2D eigenvalue weighted by molar-refractivity contribution is 5.68. The van der Waals surface area contributed by atoms with Crippen molar-refractivity contribution in [2.75, 3.05) is 0 Å². The molecule has 0 aliphatic rings. The zero-order valence-corrected chi connectivity index (χ0v) is 8.55. The van der Waals surface area contributed by atoms with Crippen molar-refractivity contribution in [3.8, 4) is 0 Å². The third-order valence-corrected chi connectivity index (χ3v) is 2.09. The van der Waals surface area contributed by atoms with Crippen LogP contribution in [-0.2, 0) is 4.79 Å². The fraction of sp³-hybridized carbons (Fsp3) is 0.250. The molecule has 0 heterocycles. The molecule has 3 heteroatoms. The predicted octanol–water partition coefficient (Wildman–Crippen LogP) is 1.93. The summed E-state index contributed by atoms with van der Waals surface area (Å²) in [6.07, 6.45) is 0.616. The first-order chi connectivity index (χ1) is 7.09. The normalized spacial score (nSPS) is 13.6. The molecule has 1 rings (SSSR count). The molecule has 1 aromatic carbocycles. The zero-order valence-electron chi connectivity index (χ0n) is 8.55. The maximum Gasteiger partial charge on any atom is 0.306 e. The van der Waals surface area contributed by atoms with E-state index in [2.05, 4.69) is 0 Å². The first-order valence-corrected chi connectivity index (χ1v) is 4.72. The molecule has 0 spiro atoms. The molecule has 0 aromatic heterocycles. The summed E-state index contributed by atoms with van der Waals surface area (Å²) in [4.78, 5) is 10.4. The van der Waals surface area contributed by atoms with Gasteiger partial charge in [-0.15, -0.1) is 0 Å². The van der Waals surface area contributed by atoms with Gasteiger partial charge in [-0.25, -0.2) is 0 Å². The van der Waals surface area contributed by atoms with E-state index < -0.39 is 12.1 Å². The minimum Gasteiger partial charge on any atom is -0.481 e. The standard InChI is InChI=1S/C12H14O3/c1-9(11(13)8-12(14)15)7-10-5-3-2-4-6-10/h2-7,11,13H,8H2,1H3,(H,14,15)/b9-7+/t11-/m1/s1. The van der Waals surface area contributed by atoms with Gasteiger partial charge >= 0.3 is 5.97 Å². The second kappa shape index (κ2) is 5.32. The van der Waals surface area contributed by atoms with Gasteiger partial charge in [0.2, 0.25) is 0 Å². The second-order valence-corrected chi connectivity index (χ2v) is 3.41. The largest absolute Gasteiger partial charge is 0.481 e. The number of hydrogen-bond donors (Lipinski definition) is 2. The Bertz CT molecular complexity index is 354. The van der Waals surface area contributed by atoms with Gasteiger partial charge in [0.05, 0.1) is 12.5 Å². The zero-order chi connectivity index (χ0) is 11.3. The summed E-state index contributed by atoms with van der Waals surface area (Å²) in [5.74, 6) is -0.997. The Balaban J connectivity index is 2.71. The molecular formula is C12H14O3. The summed E-state index contributed by atoms with van der Waals surface area (Å²) >= 11 is 0. The number of aliphatic hydroxyl groups excluding tert-OH is 1. The van der Waals surface area contributed by atoms with Crippen LogP contribution in [0.15, 0.2) is 35.9 Å². The number of aliphatic hydroxyl groups is 1. The molecule has 0 aliphatic carbocycles. The summed E-state index contributed by atoms with van der Waals surface area (Å²) in [7, 11) is 0. The number of carboxylic acids is 1. The average molecular weight is 206 g/mol. The minimum absolute atomic E-state index is 0.255. The van der Waals surface area contributed by atoms with Gasteiger partial charge in [0.25, 0.3) is 0 Å². The molecule has 15 heavy (non-hydrogen) atoms. The number of carbonyl (C=O) groups is 1. The smallest absolute Gasteiger partial charge is 0.306 e. The molecule has 0 bridgehead atoms. The van der Waals surface area contributed by atoms with Gasteiger partial charge in [0, 0.05) is 0 Å². The van der Waals surface area contributed by atoms with Gasteiger partial charge < -0.3 is 10.2 Å². The summed E-state index contributed by atoms with van der Waals surface area (Å²) in [6, 6.07) is 9.49. The highest BCUT2D eigenvalue weighted by Crippen LogP contribution is 2.11. The van der Waals surface area contributed by atoms with Crippen LogP contribution in [0.4, 0.5) is 0 Å². The molecule has 0 amide bonds. The molecule has 1 aromatic rings. The molecule has 0 aliphatic heterocycles. The number of benzene rings is 1. The quantitative estimate of drug-likeness (QED) is 0.791. The highest BCUT2D eigenvalue weighted by Gasteiger charge is 2.10. The average Bonchev–Trinajstić information content (AvgIpc) is 2.18. The van der Waals surface area contributed by atoms with Gasteiger partial charge in [-0.1, -0.05) is 36.4 Å². The lowest BCUT2D eigenvalue weighted by Crippen LogP contribution is -2.13. The fourth-order valence-electron chi connectivity index (χ4n) is 1.23. The monoisotopic (exact) mass is 206 g/mol. The van der Waals surface area contributed by atoms with Gasteiger partial charge in [-0.05, 0) is 18.1 Å². The molecule has 80 valence electrons. The van der Waals surface area contributed by atoms with Crippen LogP contribution in [-0.4, -0.2) is 22.3 Å². The number of aliphatic carboxylic acids is 1. The van der Waals surface area contributed by atoms with E-state index in [1.165, 1.54) is 0 Å². The third kappa shape index (κ3) is 3.95. The first-order valence-electron chi connectivity index (χ1n) is 4.72. The van der Waals surface area contributed by atoms with E-state index in [1.54, 1.807) is 13.0 Å². The van der Waals surface area contributed by atoms with Gasteiger partial charge in [0.1, 0.15) is 0 Å². The summed E-state index contributed by atoms with van der Waals surface area (Å²) in [6.45, 7) is 1.72. The number of carboxylic acid groups (broad SMARTS) is 1. The molecule has 0 radical (unpaired) electrons. The van der Waals surface area contributed by atoms with Crippen LogP contribution in [0.25, 0.3) is 6.08 Å². The molecule has 3 nitrogen and oxygen atoms in total. The molecule has 0 saturated heterocycles. The van der Waals surface area contributed by atoms with Crippen LogP contribution in [0.5, 0.6) is 0 Å². The second-order valence-electron chi connectivity index (χ2n) is 3.41. The van der Waals surface area contributed by atoms with Crippen molar-refractivity contribution in [2.24, 2.45) is 0 Å². The first kappa shape index (κ1) is 11.5. The topological polar surface area (TPSA) is 57.5 Å². The van der Waals surface area contributed by atoms with E-state index in [0.29, 0.717) is 5.57 Å². The van der Waals surface area contributed by atoms with E-state index in [1.807, 2.05) is 30.3 Å². The Morgan fingerprint density at radius 1 is 1.40 bits per heavy atom. The van der Waals surface area contributed by atoms with Gasteiger partial charge in [-0.2, -0.15) is 0 Å². The molecule has 0 unspecified atom stereocenters. The Labute approximate surface area is 88.7 Å². The van der Waals surface area contributed by atoms with Gasteiger partial charge in [0.15, 0.2) is 0 Å². The third-order valence-electron chi connectivity index (χ3n) is 2.09. The van der Waals surface area contributed by atoms with Crippen LogP contribution in [0, 0.1) is 0 Å². The SMILES string of the molecule is C/C(=C\c1ccccc1)[C@H](O)CC(=O)O. The van der Waals surface area contributed by atoms with Crippen molar-refractivity contribution in [3.63, 3.8) is 0 Å². The van der Waals surface area contributed by atoms with E-state index >= 15 is 0 Å². The highest BCUT2D eigenvalue weighted by atomic mass is 16.4. The van der Waals surface area contributed by atoms with E-state index in [9.17, 15) is 9.90 Å². The molecule has 0 saturated carbocycles. The van der Waals surface area contributed by atoms with E-state index in [0.717, 1.165) is 5.56 Å². The van der Waals surface area contributed by atoms with E-state index in [-0.39, 0.29) is 6.42 Å². The number of hydrogen-bond acceptors (Lipinski definition) is 2. The predicted molar refractivity (Wildman–Crippen MR) is 58.4 cm³/mol. The molecule has 2 N–H and O–H groups in total.